The zero-order valence-electron chi connectivity index (χ0n) is 16.1. The number of halogens is 1. The molecule has 1 aliphatic rings. The molecule has 0 bridgehead atoms. The van der Waals surface area contributed by atoms with Crippen LogP contribution in [0.2, 0.25) is 0 Å². The van der Waals surface area contributed by atoms with Crippen LogP contribution in [-0.4, -0.2) is 19.6 Å². The minimum Gasteiger partial charge on any atom is -0.493 e. The summed E-state index contributed by atoms with van der Waals surface area (Å²) in [6, 6.07) is 8.90. The quantitative estimate of drug-likeness (QED) is 0.667. The zero-order valence-corrected chi connectivity index (χ0v) is 16.9. The second-order valence-corrected chi connectivity index (χ2v) is 8.17. The predicted molar refractivity (Wildman–Crippen MR) is 109 cm³/mol. The van der Waals surface area contributed by atoms with Crippen molar-refractivity contribution >= 4 is 27.3 Å². The van der Waals surface area contributed by atoms with Crippen LogP contribution >= 0.6 is 11.3 Å². The molecule has 0 saturated heterocycles. The maximum absolute atomic E-state index is 14.4. The van der Waals surface area contributed by atoms with Crippen LogP contribution in [0.3, 0.4) is 0 Å². The van der Waals surface area contributed by atoms with Gasteiger partial charge in [-0.1, -0.05) is 23.8 Å². The number of hydrogen-bond donors (Lipinski definition) is 1. The summed E-state index contributed by atoms with van der Waals surface area (Å²) in [7, 11) is 1.55. The van der Waals surface area contributed by atoms with Crippen molar-refractivity contribution in [2.24, 2.45) is 0 Å². The van der Waals surface area contributed by atoms with Crippen molar-refractivity contribution in [2.75, 3.05) is 13.7 Å². The van der Waals surface area contributed by atoms with E-state index in [1.54, 1.807) is 13.2 Å². The molecule has 28 heavy (non-hydrogen) atoms. The minimum atomic E-state index is -0.331. The van der Waals surface area contributed by atoms with E-state index in [2.05, 4.69) is 17.4 Å². The monoisotopic (exact) mass is 399 g/mol. The van der Waals surface area contributed by atoms with E-state index < -0.39 is 0 Å². The second-order valence-electron chi connectivity index (χ2n) is 7.12. The Kier molecular flexibility index (Phi) is 5.08. The largest absolute Gasteiger partial charge is 0.493 e. The summed E-state index contributed by atoms with van der Waals surface area (Å²) in [5.74, 6) is 0.314. The van der Waals surface area contributed by atoms with E-state index >= 15 is 0 Å². The van der Waals surface area contributed by atoms with E-state index in [1.165, 1.54) is 17.4 Å². The molecule has 0 spiro atoms. The van der Waals surface area contributed by atoms with Crippen molar-refractivity contribution in [1.82, 2.24) is 5.32 Å². The fraction of sp³-hybridized carbons (Fsp3) is 0.318. The smallest absolute Gasteiger partial charge is 0.262 e. The average molecular weight is 399 g/mol. The minimum absolute atomic E-state index is 0.139. The Morgan fingerprint density at radius 1 is 1.36 bits per heavy atom. The van der Waals surface area contributed by atoms with E-state index in [0.717, 1.165) is 27.1 Å². The Hall–Kier alpha value is -2.44. The summed E-state index contributed by atoms with van der Waals surface area (Å²) < 4.78 is 26.2. The number of methoxy groups -OCH3 is 1. The first-order chi connectivity index (χ1) is 13.5. The number of aryl methyl sites for hydroxylation is 2. The van der Waals surface area contributed by atoms with Crippen molar-refractivity contribution in [3.05, 3.63) is 63.3 Å². The van der Waals surface area contributed by atoms with Gasteiger partial charge in [-0.25, -0.2) is 4.39 Å². The number of amides is 1. The van der Waals surface area contributed by atoms with Gasteiger partial charge in [0, 0.05) is 34.7 Å². The van der Waals surface area contributed by atoms with Crippen LogP contribution in [0.15, 0.2) is 30.3 Å². The van der Waals surface area contributed by atoms with Gasteiger partial charge in [0.2, 0.25) is 0 Å². The summed E-state index contributed by atoms with van der Waals surface area (Å²) in [6.45, 7) is 4.79. The highest BCUT2D eigenvalue weighted by Crippen LogP contribution is 2.37. The van der Waals surface area contributed by atoms with Gasteiger partial charge >= 0.3 is 0 Å². The summed E-state index contributed by atoms with van der Waals surface area (Å²) in [4.78, 5) is 13.6. The fourth-order valence-corrected chi connectivity index (χ4v) is 5.01. The highest BCUT2D eigenvalue weighted by molar-refractivity contribution is 7.21. The number of hydrogen-bond acceptors (Lipinski definition) is 4. The summed E-state index contributed by atoms with van der Waals surface area (Å²) in [6.07, 6.45) is 0.695. The first-order valence-corrected chi connectivity index (χ1v) is 10.0. The molecule has 1 aromatic heterocycles. The van der Waals surface area contributed by atoms with Crippen molar-refractivity contribution < 1.29 is 18.7 Å². The number of fused-ring (bicyclic) bond motifs is 2. The lowest BCUT2D eigenvalue weighted by Gasteiger charge is -2.28. The van der Waals surface area contributed by atoms with Crippen LogP contribution in [0.4, 0.5) is 4.39 Å². The number of ether oxygens (including phenoxy) is 2. The summed E-state index contributed by atoms with van der Waals surface area (Å²) in [5.41, 5.74) is 3.80. The molecule has 1 amide bonds. The third kappa shape index (κ3) is 3.27. The third-order valence-electron chi connectivity index (χ3n) is 5.04. The fourth-order valence-electron chi connectivity index (χ4n) is 3.88. The third-order valence-corrected chi connectivity index (χ3v) is 6.24. The van der Waals surface area contributed by atoms with Gasteiger partial charge in [0.1, 0.15) is 11.6 Å². The molecule has 146 valence electrons. The van der Waals surface area contributed by atoms with E-state index in [1.807, 2.05) is 19.9 Å². The van der Waals surface area contributed by atoms with Gasteiger partial charge in [-0.3, -0.25) is 4.79 Å². The lowest BCUT2D eigenvalue weighted by Crippen LogP contribution is -2.32. The van der Waals surface area contributed by atoms with E-state index in [4.69, 9.17) is 9.47 Å². The highest BCUT2D eigenvalue weighted by atomic mass is 32.1. The van der Waals surface area contributed by atoms with Crippen molar-refractivity contribution in [3.63, 3.8) is 0 Å². The summed E-state index contributed by atoms with van der Waals surface area (Å²) in [5, 5.41) is 3.61. The lowest BCUT2D eigenvalue weighted by molar-refractivity contribution is 0.0924. The second kappa shape index (κ2) is 7.53. The molecule has 1 aliphatic heterocycles. The number of carbonyl (C=O) groups excluding carboxylic acids is 1. The number of nitrogens with one attached hydrogen (secondary N) is 1. The Bertz CT molecular complexity index is 1060. The standard InChI is InChI=1S/C22H22FNO3S/c1-12-9-13(2)20-14(10-12)17(7-8-27-20)24-22(25)21-15(11-26-3)19-16(23)5-4-6-18(19)28-21/h4-6,9-10,17H,7-8,11H2,1-3H3,(H,24,25). The zero-order chi connectivity index (χ0) is 19.8. The lowest BCUT2D eigenvalue weighted by atomic mass is 9.95. The van der Waals surface area contributed by atoms with Crippen LogP contribution in [0.5, 0.6) is 5.75 Å². The van der Waals surface area contributed by atoms with E-state index in [-0.39, 0.29) is 24.4 Å². The molecule has 0 saturated carbocycles. The van der Waals surface area contributed by atoms with Gasteiger partial charge < -0.3 is 14.8 Å². The molecule has 1 unspecified atom stereocenters. The summed E-state index contributed by atoms with van der Waals surface area (Å²) >= 11 is 1.30. The molecule has 1 atom stereocenters. The number of rotatable bonds is 4. The van der Waals surface area contributed by atoms with Crippen LogP contribution in [-0.2, 0) is 11.3 Å². The van der Waals surface area contributed by atoms with Crippen LogP contribution in [0, 0.1) is 19.7 Å². The first kappa shape index (κ1) is 18.9. The Labute approximate surface area is 167 Å². The Morgan fingerprint density at radius 2 is 2.18 bits per heavy atom. The molecular formula is C22H22FNO3S. The highest BCUT2D eigenvalue weighted by Gasteiger charge is 2.27. The predicted octanol–water partition coefficient (Wildman–Crippen LogP) is 5.06. The maximum Gasteiger partial charge on any atom is 0.262 e. The molecule has 0 radical (unpaired) electrons. The molecule has 6 heteroatoms. The maximum atomic E-state index is 14.4. The molecule has 2 aromatic carbocycles. The van der Waals surface area contributed by atoms with E-state index in [0.29, 0.717) is 28.9 Å². The number of carbonyl (C=O) groups is 1. The molecule has 0 fully saturated rings. The van der Waals surface area contributed by atoms with Crippen molar-refractivity contribution in [3.8, 4) is 5.75 Å². The molecule has 0 aliphatic carbocycles. The molecule has 3 aromatic rings. The Balaban J connectivity index is 1.71. The molecule has 4 nitrogen and oxygen atoms in total. The molecule has 1 N–H and O–H groups in total. The van der Waals surface area contributed by atoms with Crippen LogP contribution in [0.1, 0.15) is 44.4 Å². The topological polar surface area (TPSA) is 47.6 Å². The SMILES string of the molecule is COCc1c(C(=O)NC2CCOc3c(C)cc(C)cc32)sc2cccc(F)c12. The van der Waals surface area contributed by atoms with Gasteiger partial charge in [0.05, 0.1) is 24.1 Å². The normalized spacial score (nSPS) is 15.9. The molecule has 4 rings (SSSR count). The van der Waals surface area contributed by atoms with Gasteiger partial charge in [0.15, 0.2) is 0 Å². The molecule has 2 heterocycles. The van der Waals surface area contributed by atoms with Gasteiger partial charge in [0.25, 0.3) is 5.91 Å². The van der Waals surface area contributed by atoms with Gasteiger partial charge in [-0.05, 0) is 31.5 Å². The first-order valence-electron chi connectivity index (χ1n) is 9.23. The molecular weight excluding hydrogens is 377 g/mol. The van der Waals surface area contributed by atoms with Crippen LogP contribution in [0.25, 0.3) is 10.1 Å². The van der Waals surface area contributed by atoms with Crippen molar-refractivity contribution in [2.45, 2.75) is 32.9 Å². The van der Waals surface area contributed by atoms with E-state index in [9.17, 15) is 9.18 Å². The van der Waals surface area contributed by atoms with Crippen LogP contribution < -0.4 is 10.1 Å². The Morgan fingerprint density at radius 3 is 2.96 bits per heavy atom. The average Bonchev–Trinajstić information content (AvgIpc) is 3.03. The van der Waals surface area contributed by atoms with Crippen molar-refractivity contribution in [1.29, 1.82) is 0 Å². The number of thiophene rings is 1. The van der Waals surface area contributed by atoms with Gasteiger partial charge in [-0.2, -0.15) is 0 Å². The van der Waals surface area contributed by atoms with Gasteiger partial charge in [-0.15, -0.1) is 11.3 Å². The number of benzene rings is 2.